The maximum absolute atomic E-state index is 4.17. The number of nitrogens with zero attached hydrogens (tertiary/aromatic N) is 2. The molecule has 0 aliphatic carbocycles. The van der Waals surface area contributed by atoms with Crippen molar-refractivity contribution < 1.29 is 0 Å². The molecular formula is C13H16N2. The highest BCUT2D eigenvalue weighted by atomic mass is 15.2. The van der Waals surface area contributed by atoms with Crippen molar-refractivity contribution in [2.45, 2.75) is 19.8 Å². The maximum atomic E-state index is 4.17. The summed E-state index contributed by atoms with van der Waals surface area (Å²) >= 11 is 0. The van der Waals surface area contributed by atoms with Crippen LogP contribution in [0.3, 0.4) is 0 Å². The minimum atomic E-state index is 0.591. The molecule has 0 atom stereocenters. The standard InChI is InChI=1S/C13H16N2/c1-10(2)11-4-6-12(7-5-11)13-8-14-15(3)9-13/h4-10H,1-3H3. The molecule has 15 heavy (non-hydrogen) atoms. The lowest BCUT2D eigenvalue weighted by atomic mass is 10.0. The molecule has 0 bridgehead atoms. The van der Waals surface area contributed by atoms with Crippen LogP contribution in [0.4, 0.5) is 0 Å². The van der Waals surface area contributed by atoms with Crippen LogP contribution in [0.1, 0.15) is 25.3 Å². The van der Waals surface area contributed by atoms with Gasteiger partial charge in [-0.2, -0.15) is 5.10 Å². The molecule has 0 spiro atoms. The molecule has 2 aromatic rings. The van der Waals surface area contributed by atoms with Crippen molar-refractivity contribution in [3.05, 3.63) is 42.2 Å². The first-order valence-corrected chi connectivity index (χ1v) is 5.26. The number of hydrogen-bond acceptors (Lipinski definition) is 1. The molecule has 0 amide bonds. The second kappa shape index (κ2) is 3.89. The van der Waals surface area contributed by atoms with Crippen LogP contribution in [0, 0.1) is 0 Å². The Morgan fingerprint density at radius 3 is 2.20 bits per heavy atom. The molecule has 0 saturated carbocycles. The first-order chi connectivity index (χ1) is 7.16. The quantitative estimate of drug-likeness (QED) is 0.727. The third-order valence-corrected chi connectivity index (χ3v) is 2.62. The van der Waals surface area contributed by atoms with Gasteiger partial charge in [0.1, 0.15) is 0 Å². The van der Waals surface area contributed by atoms with Crippen molar-refractivity contribution >= 4 is 0 Å². The van der Waals surface area contributed by atoms with Gasteiger partial charge >= 0.3 is 0 Å². The summed E-state index contributed by atoms with van der Waals surface area (Å²) in [7, 11) is 1.94. The fourth-order valence-corrected chi connectivity index (χ4v) is 1.63. The average molecular weight is 200 g/mol. The maximum Gasteiger partial charge on any atom is 0.0568 e. The molecule has 2 nitrogen and oxygen atoms in total. The van der Waals surface area contributed by atoms with E-state index in [1.54, 1.807) is 0 Å². The van der Waals surface area contributed by atoms with Crippen LogP contribution in [-0.2, 0) is 7.05 Å². The van der Waals surface area contributed by atoms with E-state index in [1.807, 2.05) is 24.1 Å². The van der Waals surface area contributed by atoms with E-state index >= 15 is 0 Å². The molecule has 1 aromatic carbocycles. The van der Waals surface area contributed by atoms with Gasteiger partial charge in [-0.3, -0.25) is 4.68 Å². The number of benzene rings is 1. The molecule has 0 fully saturated rings. The lowest BCUT2D eigenvalue weighted by molar-refractivity contribution is 0.768. The largest absolute Gasteiger partial charge is 0.275 e. The van der Waals surface area contributed by atoms with E-state index in [1.165, 1.54) is 16.7 Å². The van der Waals surface area contributed by atoms with Gasteiger partial charge in [-0.05, 0) is 17.0 Å². The van der Waals surface area contributed by atoms with Gasteiger partial charge in [-0.25, -0.2) is 0 Å². The Kier molecular flexibility index (Phi) is 2.58. The molecule has 0 radical (unpaired) electrons. The van der Waals surface area contributed by atoms with E-state index in [9.17, 15) is 0 Å². The lowest BCUT2D eigenvalue weighted by Crippen LogP contribution is -1.86. The molecule has 2 rings (SSSR count). The summed E-state index contributed by atoms with van der Waals surface area (Å²) in [4.78, 5) is 0. The predicted octanol–water partition coefficient (Wildman–Crippen LogP) is 3.21. The SMILES string of the molecule is CC(C)c1ccc(-c2cnn(C)c2)cc1. The summed E-state index contributed by atoms with van der Waals surface area (Å²) in [5.41, 5.74) is 3.78. The van der Waals surface area contributed by atoms with Gasteiger partial charge in [0.2, 0.25) is 0 Å². The molecule has 78 valence electrons. The summed E-state index contributed by atoms with van der Waals surface area (Å²) in [5, 5.41) is 4.17. The van der Waals surface area contributed by atoms with Crippen molar-refractivity contribution in [1.29, 1.82) is 0 Å². The van der Waals surface area contributed by atoms with E-state index in [0.29, 0.717) is 5.92 Å². The van der Waals surface area contributed by atoms with Gasteiger partial charge in [-0.1, -0.05) is 38.1 Å². The molecule has 2 heteroatoms. The van der Waals surface area contributed by atoms with Crippen LogP contribution < -0.4 is 0 Å². The van der Waals surface area contributed by atoms with Gasteiger partial charge < -0.3 is 0 Å². The third kappa shape index (κ3) is 2.09. The summed E-state index contributed by atoms with van der Waals surface area (Å²) in [6.07, 6.45) is 3.93. The normalized spacial score (nSPS) is 10.9. The monoisotopic (exact) mass is 200 g/mol. The molecule has 1 aromatic heterocycles. The first kappa shape index (κ1) is 9.97. The van der Waals surface area contributed by atoms with Crippen LogP contribution in [0.15, 0.2) is 36.7 Å². The molecule has 0 aliphatic heterocycles. The highest BCUT2D eigenvalue weighted by molar-refractivity contribution is 5.61. The van der Waals surface area contributed by atoms with Gasteiger partial charge in [-0.15, -0.1) is 0 Å². The first-order valence-electron chi connectivity index (χ1n) is 5.26. The Morgan fingerprint density at radius 1 is 1.07 bits per heavy atom. The van der Waals surface area contributed by atoms with Crippen molar-refractivity contribution in [1.82, 2.24) is 9.78 Å². The molecule has 0 N–H and O–H groups in total. The Morgan fingerprint density at radius 2 is 1.73 bits per heavy atom. The second-order valence-corrected chi connectivity index (χ2v) is 4.18. The van der Waals surface area contributed by atoms with Crippen molar-refractivity contribution in [2.24, 2.45) is 7.05 Å². The summed E-state index contributed by atoms with van der Waals surface area (Å²) in [5.74, 6) is 0.591. The van der Waals surface area contributed by atoms with Gasteiger partial charge in [0.05, 0.1) is 6.20 Å². The fraction of sp³-hybridized carbons (Fsp3) is 0.308. The zero-order valence-corrected chi connectivity index (χ0v) is 9.44. The van der Waals surface area contributed by atoms with E-state index in [0.717, 1.165) is 0 Å². The summed E-state index contributed by atoms with van der Waals surface area (Å²) < 4.78 is 1.83. The van der Waals surface area contributed by atoms with Gasteiger partial charge in [0, 0.05) is 18.8 Å². The van der Waals surface area contributed by atoms with Gasteiger partial charge in [0.25, 0.3) is 0 Å². The van der Waals surface area contributed by atoms with E-state index < -0.39 is 0 Å². The second-order valence-electron chi connectivity index (χ2n) is 4.18. The van der Waals surface area contributed by atoms with Crippen LogP contribution in [-0.4, -0.2) is 9.78 Å². The highest BCUT2D eigenvalue weighted by Gasteiger charge is 2.02. The minimum absolute atomic E-state index is 0.591. The van der Waals surface area contributed by atoms with E-state index in [-0.39, 0.29) is 0 Å². The molecule has 1 heterocycles. The zero-order chi connectivity index (χ0) is 10.8. The third-order valence-electron chi connectivity index (χ3n) is 2.62. The van der Waals surface area contributed by atoms with Crippen molar-refractivity contribution in [3.8, 4) is 11.1 Å². The molecule has 0 unspecified atom stereocenters. The van der Waals surface area contributed by atoms with Crippen LogP contribution in [0.5, 0.6) is 0 Å². The number of aromatic nitrogens is 2. The average Bonchev–Trinajstić information content (AvgIpc) is 2.65. The number of rotatable bonds is 2. The summed E-state index contributed by atoms with van der Waals surface area (Å²) in [6.45, 7) is 4.41. The van der Waals surface area contributed by atoms with Gasteiger partial charge in [0.15, 0.2) is 0 Å². The fourth-order valence-electron chi connectivity index (χ4n) is 1.63. The summed E-state index contributed by atoms with van der Waals surface area (Å²) in [6, 6.07) is 8.69. The zero-order valence-electron chi connectivity index (χ0n) is 9.44. The number of hydrogen-bond donors (Lipinski definition) is 0. The minimum Gasteiger partial charge on any atom is -0.275 e. The van der Waals surface area contributed by atoms with Crippen LogP contribution in [0.2, 0.25) is 0 Å². The molecule has 0 saturated heterocycles. The highest BCUT2D eigenvalue weighted by Crippen LogP contribution is 2.21. The predicted molar refractivity (Wildman–Crippen MR) is 62.7 cm³/mol. The lowest BCUT2D eigenvalue weighted by Gasteiger charge is -2.05. The number of aryl methyl sites for hydroxylation is 1. The molecular weight excluding hydrogens is 184 g/mol. The Labute approximate surface area is 90.6 Å². The Bertz CT molecular complexity index is 438. The van der Waals surface area contributed by atoms with E-state index in [4.69, 9.17) is 0 Å². The van der Waals surface area contributed by atoms with Crippen LogP contribution >= 0.6 is 0 Å². The van der Waals surface area contributed by atoms with Crippen molar-refractivity contribution in [2.75, 3.05) is 0 Å². The van der Waals surface area contributed by atoms with Crippen LogP contribution in [0.25, 0.3) is 11.1 Å². The van der Waals surface area contributed by atoms with E-state index in [2.05, 4.69) is 43.2 Å². The topological polar surface area (TPSA) is 17.8 Å². The Hall–Kier alpha value is -1.57. The smallest absolute Gasteiger partial charge is 0.0568 e. The molecule has 0 aliphatic rings. The van der Waals surface area contributed by atoms with Crippen molar-refractivity contribution in [3.63, 3.8) is 0 Å². The Balaban J connectivity index is 2.31.